The van der Waals surface area contributed by atoms with Gasteiger partial charge in [0.15, 0.2) is 5.78 Å². The summed E-state index contributed by atoms with van der Waals surface area (Å²) in [5, 5.41) is 0. The predicted octanol–water partition coefficient (Wildman–Crippen LogP) is 1.82. The number of carbonyl (C=O) groups is 4. The molecule has 8 heteroatoms. The first-order chi connectivity index (χ1) is 15.2. The van der Waals surface area contributed by atoms with Gasteiger partial charge in [0.2, 0.25) is 17.7 Å². The second-order valence-corrected chi connectivity index (χ2v) is 9.40. The lowest BCUT2D eigenvalue weighted by molar-refractivity contribution is -0.146. The van der Waals surface area contributed by atoms with Crippen LogP contribution in [0, 0.1) is 12.8 Å². The maximum Gasteiger partial charge on any atom is 0.245 e. The summed E-state index contributed by atoms with van der Waals surface area (Å²) in [6.45, 7) is 4.99. The van der Waals surface area contributed by atoms with Crippen molar-refractivity contribution in [3.05, 3.63) is 29.3 Å². The lowest BCUT2D eigenvalue weighted by Crippen LogP contribution is -2.52. The molecule has 32 heavy (non-hydrogen) atoms. The Labute approximate surface area is 188 Å². The van der Waals surface area contributed by atoms with Gasteiger partial charge >= 0.3 is 0 Å². The molecule has 1 aromatic rings. The van der Waals surface area contributed by atoms with E-state index in [1.807, 2.05) is 25.1 Å². The third-order valence-electron chi connectivity index (χ3n) is 7.20. The highest BCUT2D eigenvalue weighted by Crippen LogP contribution is 2.40. The highest BCUT2D eigenvalue weighted by atomic mass is 16.5. The summed E-state index contributed by atoms with van der Waals surface area (Å²) in [6, 6.07) is 5.00. The molecular formula is C24H31N3O5. The molecule has 2 N–H and O–H groups in total. The van der Waals surface area contributed by atoms with Crippen molar-refractivity contribution in [1.29, 1.82) is 0 Å². The quantitative estimate of drug-likeness (QED) is 0.769. The largest absolute Gasteiger partial charge is 0.486 e. The molecule has 2 saturated heterocycles. The van der Waals surface area contributed by atoms with E-state index in [1.165, 1.54) is 0 Å². The normalized spacial score (nSPS) is 25.2. The summed E-state index contributed by atoms with van der Waals surface area (Å²) in [5.41, 5.74) is 6.28. The Kier molecular flexibility index (Phi) is 5.97. The summed E-state index contributed by atoms with van der Waals surface area (Å²) in [6.07, 6.45) is 2.54. The number of piperidine rings is 1. The minimum atomic E-state index is -0.716. The van der Waals surface area contributed by atoms with Crippen molar-refractivity contribution in [3.8, 4) is 5.75 Å². The van der Waals surface area contributed by atoms with Gasteiger partial charge in [-0.15, -0.1) is 0 Å². The molecule has 2 atom stereocenters. The molecule has 0 radical (unpaired) electrons. The zero-order valence-corrected chi connectivity index (χ0v) is 18.8. The first kappa shape index (κ1) is 22.3. The first-order valence-electron chi connectivity index (χ1n) is 11.4. The van der Waals surface area contributed by atoms with Gasteiger partial charge in [-0.1, -0.05) is 11.6 Å². The van der Waals surface area contributed by atoms with E-state index in [1.54, 1.807) is 16.7 Å². The van der Waals surface area contributed by atoms with Crippen LogP contribution in [-0.4, -0.2) is 64.6 Å². The molecule has 3 heterocycles. The standard InChI is InChI=1S/C24H31N3O5/c1-15-3-4-20-18(13-15)19(28)14-24(32-20)8-5-21(29)27(12-9-24)16(2)23(31)26-10-6-17(7-11-26)22(25)30/h3-4,13,16-17H,5-12,14H2,1-2H3,(H2,25,30)/t16-,24+/m1/s1. The topological polar surface area (TPSA) is 110 Å². The molecule has 3 aliphatic heterocycles. The number of ether oxygens (including phenoxy) is 1. The number of aryl methyl sites for hydroxylation is 1. The molecule has 2 fully saturated rings. The molecule has 1 aromatic carbocycles. The fraction of sp³-hybridized carbons (Fsp3) is 0.583. The smallest absolute Gasteiger partial charge is 0.245 e. The number of amides is 3. The molecule has 3 amide bonds. The Morgan fingerprint density at radius 1 is 1.16 bits per heavy atom. The van der Waals surface area contributed by atoms with Crippen molar-refractivity contribution < 1.29 is 23.9 Å². The van der Waals surface area contributed by atoms with Crippen LogP contribution in [0.2, 0.25) is 0 Å². The number of hydrogen-bond donors (Lipinski definition) is 1. The van der Waals surface area contributed by atoms with Crippen molar-refractivity contribution in [3.63, 3.8) is 0 Å². The van der Waals surface area contributed by atoms with E-state index >= 15 is 0 Å². The fourth-order valence-electron chi connectivity index (χ4n) is 5.13. The Morgan fingerprint density at radius 2 is 1.88 bits per heavy atom. The van der Waals surface area contributed by atoms with Gasteiger partial charge in [-0.05, 0) is 45.2 Å². The maximum absolute atomic E-state index is 13.1. The summed E-state index contributed by atoms with van der Waals surface area (Å²) in [4.78, 5) is 53.6. The number of rotatable bonds is 3. The number of benzene rings is 1. The molecule has 0 unspecified atom stereocenters. The van der Waals surface area contributed by atoms with Gasteiger partial charge in [-0.2, -0.15) is 0 Å². The van der Waals surface area contributed by atoms with Crippen LogP contribution in [-0.2, 0) is 14.4 Å². The monoisotopic (exact) mass is 441 g/mol. The second kappa shape index (κ2) is 8.56. The molecule has 0 saturated carbocycles. The van der Waals surface area contributed by atoms with E-state index < -0.39 is 11.6 Å². The molecule has 0 bridgehead atoms. The molecule has 8 nitrogen and oxygen atoms in total. The van der Waals surface area contributed by atoms with Gasteiger partial charge in [0, 0.05) is 38.4 Å². The van der Waals surface area contributed by atoms with Gasteiger partial charge in [0.25, 0.3) is 0 Å². The first-order valence-corrected chi connectivity index (χ1v) is 11.4. The Hall–Kier alpha value is -2.90. The van der Waals surface area contributed by atoms with Crippen LogP contribution in [0.1, 0.15) is 61.4 Å². The SMILES string of the molecule is Cc1ccc2c(c1)C(=O)C[C@@]1(CCC(=O)N([C@H](C)C(=O)N3CCC(C(N)=O)CC3)CC1)O2. The third-order valence-corrected chi connectivity index (χ3v) is 7.20. The van der Waals surface area contributed by atoms with E-state index in [4.69, 9.17) is 10.5 Å². The van der Waals surface area contributed by atoms with Gasteiger partial charge in [0.05, 0.1) is 12.0 Å². The van der Waals surface area contributed by atoms with Crippen LogP contribution >= 0.6 is 0 Å². The van der Waals surface area contributed by atoms with Crippen LogP contribution in [0.25, 0.3) is 0 Å². The lowest BCUT2D eigenvalue weighted by Gasteiger charge is -2.38. The van der Waals surface area contributed by atoms with E-state index in [-0.39, 0.29) is 42.3 Å². The maximum atomic E-state index is 13.1. The van der Waals surface area contributed by atoms with Crippen molar-refractivity contribution in [2.24, 2.45) is 11.7 Å². The average Bonchev–Trinajstić information content (AvgIpc) is 2.92. The number of fused-ring (bicyclic) bond motifs is 1. The second-order valence-electron chi connectivity index (χ2n) is 9.40. The number of nitrogens with two attached hydrogens (primary N) is 1. The summed E-state index contributed by atoms with van der Waals surface area (Å²) in [5.74, 6) is -0.107. The van der Waals surface area contributed by atoms with Crippen LogP contribution < -0.4 is 10.5 Å². The van der Waals surface area contributed by atoms with Crippen molar-refractivity contribution >= 4 is 23.5 Å². The van der Waals surface area contributed by atoms with Gasteiger partial charge < -0.3 is 20.3 Å². The number of ketones is 1. The Bertz CT molecular complexity index is 953. The lowest BCUT2D eigenvalue weighted by atomic mass is 9.84. The van der Waals surface area contributed by atoms with Crippen molar-refractivity contribution in [2.75, 3.05) is 19.6 Å². The minimum Gasteiger partial charge on any atom is -0.486 e. The number of carbonyl (C=O) groups excluding carboxylic acids is 4. The number of hydrogen-bond acceptors (Lipinski definition) is 5. The zero-order chi connectivity index (χ0) is 23.0. The van der Waals surface area contributed by atoms with Crippen molar-refractivity contribution in [1.82, 2.24) is 9.80 Å². The number of likely N-dealkylation sites (tertiary alicyclic amines) is 2. The van der Waals surface area contributed by atoms with Crippen LogP contribution in [0.3, 0.4) is 0 Å². The van der Waals surface area contributed by atoms with E-state index in [0.717, 1.165) is 5.56 Å². The number of Topliss-reactive ketones (excluding diaryl/α,β-unsaturated/α-hetero) is 1. The van der Waals surface area contributed by atoms with E-state index in [2.05, 4.69) is 0 Å². The third kappa shape index (κ3) is 4.23. The predicted molar refractivity (Wildman–Crippen MR) is 117 cm³/mol. The summed E-state index contributed by atoms with van der Waals surface area (Å²) < 4.78 is 6.31. The Morgan fingerprint density at radius 3 is 2.56 bits per heavy atom. The highest BCUT2D eigenvalue weighted by Gasteiger charge is 2.44. The molecule has 0 aromatic heterocycles. The number of nitrogens with zero attached hydrogens (tertiary/aromatic N) is 2. The molecule has 3 aliphatic rings. The molecule has 4 rings (SSSR count). The number of primary amides is 1. The summed E-state index contributed by atoms with van der Waals surface area (Å²) in [7, 11) is 0. The summed E-state index contributed by atoms with van der Waals surface area (Å²) >= 11 is 0. The van der Waals surface area contributed by atoms with Crippen LogP contribution in [0.15, 0.2) is 18.2 Å². The van der Waals surface area contributed by atoms with Crippen LogP contribution in [0.4, 0.5) is 0 Å². The molecule has 1 spiro atoms. The Balaban J connectivity index is 1.44. The van der Waals surface area contributed by atoms with Gasteiger partial charge in [-0.25, -0.2) is 0 Å². The van der Waals surface area contributed by atoms with E-state index in [9.17, 15) is 19.2 Å². The minimum absolute atomic E-state index is 0.0392. The van der Waals surface area contributed by atoms with Crippen molar-refractivity contribution in [2.45, 2.75) is 64.0 Å². The van der Waals surface area contributed by atoms with Gasteiger partial charge in [0.1, 0.15) is 17.4 Å². The fourth-order valence-corrected chi connectivity index (χ4v) is 5.13. The van der Waals surface area contributed by atoms with E-state index in [0.29, 0.717) is 56.6 Å². The van der Waals surface area contributed by atoms with Crippen LogP contribution in [0.5, 0.6) is 5.75 Å². The van der Waals surface area contributed by atoms with Gasteiger partial charge in [-0.3, -0.25) is 19.2 Å². The average molecular weight is 442 g/mol. The molecule has 0 aliphatic carbocycles. The molecule has 172 valence electrons. The molecular weight excluding hydrogens is 410 g/mol. The zero-order valence-electron chi connectivity index (χ0n) is 18.8. The highest BCUT2D eigenvalue weighted by molar-refractivity contribution is 6.00.